The maximum Gasteiger partial charge on any atom is 0.329 e. The minimum absolute atomic E-state index is 0.0687. The Morgan fingerprint density at radius 2 is 2.16 bits per heavy atom. The van der Waals surface area contributed by atoms with Gasteiger partial charge in [-0.25, -0.2) is 4.79 Å². The molecule has 0 aliphatic rings. The van der Waals surface area contributed by atoms with Crippen molar-refractivity contribution in [2.45, 2.75) is 19.1 Å². The van der Waals surface area contributed by atoms with Crippen LogP contribution in [0.1, 0.15) is 22.7 Å². The molecule has 12 heteroatoms. The van der Waals surface area contributed by atoms with E-state index in [1.807, 2.05) is 6.26 Å². The van der Waals surface area contributed by atoms with Gasteiger partial charge in [-0.15, -0.1) is 0 Å². The van der Waals surface area contributed by atoms with Gasteiger partial charge in [0.05, 0.1) is 4.92 Å². The summed E-state index contributed by atoms with van der Waals surface area (Å²) >= 11 is 1.50. The highest BCUT2D eigenvalue weighted by Crippen LogP contribution is 2.15. The summed E-state index contributed by atoms with van der Waals surface area (Å²) in [5, 5.41) is 17.3. The summed E-state index contributed by atoms with van der Waals surface area (Å²) in [5.74, 6) is -0.319. The number of amides is 1. The molecule has 0 aliphatic heterocycles. The quantitative estimate of drug-likeness (QED) is 0.273. The zero-order valence-electron chi connectivity index (χ0n) is 17.0. The number of non-ortho nitro benzene ring substituents is 1. The molecule has 2 aromatic heterocycles. The van der Waals surface area contributed by atoms with Crippen LogP contribution in [0.5, 0.6) is 0 Å². The van der Waals surface area contributed by atoms with Gasteiger partial charge in [0.15, 0.2) is 6.61 Å². The molecular formula is C20H19N5O6S. The van der Waals surface area contributed by atoms with E-state index in [0.29, 0.717) is 23.6 Å². The summed E-state index contributed by atoms with van der Waals surface area (Å²) in [6, 6.07) is 7.79. The number of hydrogen-bond acceptors (Lipinski definition) is 10. The van der Waals surface area contributed by atoms with Crippen LogP contribution in [-0.2, 0) is 16.1 Å². The van der Waals surface area contributed by atoms with Crippen LogP contribution in [0.2, 0.25) is 0 Å². The van der Waals surface area contributed by atoms with Crippen LogP contribution < -0.4 is 5.32 Å². The molecule has 3 aromatic rings. The molecule has 2 heterocycles. The first kappa shape index (κ1) is 22.9. The molecule has 0 saturated carbocycles. The highest BCUT2D eigenvalue weighted by molar-refractivity contribution is 7.98. The maximum absolute atomic E-state index is 12.6. The van der Waals surface area contributed by atoms with Crippen molar-refractivity contribution in [3.63, 3.8) is 0 Å². The topological polar surface area (TPSA) is 150 Å². The average molecular weight is 457 g/mol. The predicted octanol–water partition coefficient (Wildman–Crippen LogP) is 2.63. The van der Waals surface area contributed by atoms with Crippen LogP contribution in [-0.4, -0.2) is 50.0 Å². The first-order valence-electron chi connectivity index (χ1n) is 9.42. The van der Waals surface area contributed by atoms with Gasteiger partial charge in [0.1, 0.15) is 6.04 Å². The van der Waals surface area contributed by atoms with Crippen LogP contribution in [0.15, 0.2) is 53.3 Å². The van der Waals surface area contributed by atoms with Crippen molar-refractivity contribution >= 4 is 29.3 Å². The molecule has 166 valence electrons. The SMILES string of the molecule is CSCCC(NC(=O)c1cccc([N+](=O)[O-])c1)C(=O)OCc1nc(-c2cccnc2)no1. The number of pyridine rings is 1. The first-order chi connectivity index (χ1) is 15.5. The molecule has 1 atom stereocenters. The lowest BCUT2D eigenvalue weighted by Gasteiger charge is -2.16. The lowest BCUT2D eigenvalue weighted by Crippen LogP contribution is -2.42. The monoisotopic (exact) mass is 457 g/mol. The standard InChI is InChI=1S/C20H19N5O6S/c1-32-9-7-16(22-19(26)13-4-2-6-15(10-13)25(28)29)20(27)30-12-17-23-18(24-31-17)14-5-3-8-21-11-14/h2-6,8,10-11,16H,7,9,12H2,1H3,(H,22,26). The van der Waals surface area contributed by atoms with E-state index in [4.69, 9.17) is 9.26 Å². The minimum Gasteiger partial charge on any atom is -0.454 e. The van der Waals surface area contributed by atoms with Gasteiger partial charge < -0.3 is 14.6 Å². The Morgan fingerprint density at radius 3 is 2.88 bits per heavy atom. The summed E-state index contributed by atoms with van der Waals surface area (Å²) in [6.07, 6.45) is 5.36. The zero-order chi connectivity index (χ0) is 22.9. The Hall–Kier alpha value is -3.80. The average Bonchev–Trinajstić information content (AvgIpc) is 3.30. The lowest BCUT2D eigenvalue weighted by atomic mass is 10.1. The Bertz CT molecular complexity index is 1090. The zero-order valence-corrected chi connectivity index (χ0v) is 17.8. The second kappa shape index (κ2) is 11.0. The molecule has 0 spiro atoms. The second-order valence-electron chi connectivity index (χ2n) is 6.48. The van der Waals surface area contributed by atoms with E-state index in [-0.39, 0.29) is 23.7 Å². The van der Waals surface area contributed by atoms with Gasteiger partial charge in [0.2, 0.25) is 5.82 Å². The molecule has 1 aromatic carbocycles. The fraction of sp³-hybridized carbons (Fsp3) is 0.250. The predicted molar refractivity (Wildman–Crippen MR) is 115 cm³/mol. The smallest absolute Gasteiger partial charge is 0.329 e. The number of carbonyl (C=O) groups excluding carboxylic acids is 2. The van der Waals surface area contributed by atoms with Gasteiger partial charge in [-0.05, 0) is 36.6 Å². The van der Waals surface area contributed by atoms with Crippen molar-refractivity contribution in [3.8, 4) is 11.4 Å². The van der Waals surface area contributed by atoms with Gasteiger partial charge in [-0.2, -0.15) is 16.7 Å². The summed E-state index contributed by atoms with van der Waals surface area (Å²) in [5.41, 5.74) is 0.497. The molecular weight excluding hydrogens is 438 g/mol. The highest BCUT2D eigenvalue weighted by atomic mass is 32.2. The van der Waals surface area contributed by atoms with Crippen molar-refractivity contribution in [1.82, 2.24) is 20.4 Å². The Balaban J connectivity index is 1.63. The van der Waals surface area contributed by atoms with Crippen molar-refractivity contribution < 1.29 is 23.8 Å². The molecule has 1 unspecified atom stereocenters. The number of nitro groups is 1. The third kappa shape index (κ3) is 6.11. The first-order valence-corrected chi connectivity index (χ1v) is 10.8. The highest BCUT2D eigenvalue weighted by Gasteiger charge is 2.24. The molecule has 32 heavy (non-hydrogen) atoms. The molecule has 3 rings (SSSR count). The number of ether oxygens (including phenoxy) is 1. The number of carbonyl (C=O) groups is 2. The van der Waals surface area contributed by atoms with Crippen molar-refractivity contribution in [2.75, 3.05) is 12.0 Å². The van der Waals surface area contributed by atoms with Crippen molar-refractivity contribution in [3.05, 3.63) is 70.4 Å². The van der Waals surface area contributed by atoms with E-state index in [1.54, 1.807) is 24.5 Å². The molecule has 0 aliphatic carbocycles. The molecule has 0 radical (unpaired) electrons. The molecule has 0 bridgehead atoms. The van der Waals surface area contributed by atoms with E-state index in [0.717, 1.165) is 6.07 Å². The van der Waals surface area contributed by atoms with E-state index in [1.165, 1.54) is 30.0 Å². The van der Waals surface area contributed by atoms with Crippen molar-refractivity contribution in [1.29, 1.82) is 0 Å². The summed E-state index contributed by atoms with van der Waals surface area (Å²) in [6.45, 7) is -0.269. The molecule has 1 N–H and O–H groups in total. The minimum atomic E-state index is -0.949. The summed E-state index contributed by atoms with van der Waals surface area (Å²) in [4.78, 5) is 43.6. The number of nitrogens with zero attached hydrogens (tertiary/aromatic N) is 4. The van der Waals surface area contributed by atoms with Crippen molar-refractivity contribution in [2.24, 2.45) is 0 Å². The molecule has 1 amide bonds. The molecule has 0 fully saturated rings. The number of aromatic nitrogens is 3. The number of esters is 1. The maximum atomic E-state index is 12.6. The van der Waals surface area contributed by atoms with Crippen LogP contribution in [0.4, 0.5) is 5.69 Å². The fourth-order valence-electron chi connectivity index (χ4n) is 2.65. The van der Waals surface area contributed by atoms with E-state index < -0.39 is 22.8 Å². The van der Waals surface area contributed by atoms with Crippen LogP contribution in [0, 0.1) is 10.1 Å². The number of nitro benzene ring substituents is 1. The number of thioether (sulfide) groups is 1. The lowest BCUT2D eigenvalue weighted by molar-refractivity contribution is -0.384. The number of hydrogen-bond donors (Lipinski definition) is 1. The Kier molecular flexibility index (Phi) is 7.86. The Morgan fingerprint density at radius 1 is 1.31 bits per heavy atom. The third-order valence-electron chi connectivity index (χ3n) is 4.25. The van der Waals surface area contributed by atoms with Crippen LogP contribution >= 0.6 is 11.8 Å². The number of nitrogens with one attached hydrogen (secondary N) is 1. The summed E-state index contributed by atoms with van der Waals surface area (Å²) < 4.78 is 10.3. The van der Waals surface area contributed by atoms with Crippen LogP contribution in [0.25, 0.3) is 11.4 Å². The van der Waals surface area contributed by atoms with Gasteiger partial charge in [0.25, 0.3) is 17.5 Å². The van der Waals surface area contributed by atoms with E-state index in [2.05, 4.69) is 20.4 Å². The van der Waals surface area contributed by atoms with E-state index in [9.17, 15) is 19.7 Å². The van der Waals surface area contributed by atoms with Gasteiger partial charge in [-0.1, -0.05) is 11.2 Å². The third-order valence-corrected chi connectivity index (χ3v) is 4.89. The summed E-state index contributed by atoms with van der Waals surface area (Å²) in [7, 11) is 0. The van der Waals surface area contributed by atoms with E-state index >= 15 is 0 Å². The van der Waals surface area contributed by atoms with Gasteiger partial charge >= 0.3 is 5.97 Å². The number of rotatable bonds is 10. The normalized spacial score (nSPS) is 11.5. The number of benzene rings is 1. The van der Waals surface area contributed by atoms with Crippen LogP contribution in [0.3, 0.4) is 0 Å². The largest absolute Gasteiger partial charge is 0.454 e. The fourth-order valence-corrected chi connectivity index (χ4v) is 3.12. The molecule has 11 nitrogen and oxygen atoms in total. The molecule has 0 saturated heterocycles. The van der Waals surface area contributed by atoms with Gasteiger partial charge in [0, 0.05) is 35.7 Å². The van der Waals surface area contributed by atoms with Gasteiger partial charge in [-0.3, -0.25) is 19.9 Å². The Labute approximate surface area is 186 Å². The second-order valence-corrected chi connectivity index (χ2v) is 7.46.